The van der Waals surface area contributed by atoms with Crippen molar-refractivity contribution >= 4 is 27.6 Å². The van der Waals surface area contributed by atoms with Crippen molar-refractivity contribution in [3.05, 3.63) is 58.6 Å². The molecule has 0 radical (unpaired) electrons. The second-order valence-electron chi connectivity index (χ2n) is 4.93. The molecule has 0 aliphatic carbocycles. The average molecular weight is 379 g/mol. The Bertz CT molecular complexity index is 647. The molecule has 6 heteroatoms. The van der Waals surface area contributed by atoms with Gasteiger partial charge in [-0.15, -0.1) is 0 Å². The lowest BCUT2D eigenvalue weighted by molar-refractivity contribution is 0.185. The van der Waals surface area contributed by atoms with Crippen LogP contribution < -0.4 is 10.1 Å². The number of nitrogens with one attached hydrogen (secondary N) is 1. The van der Waals surface area contributed by atoms with Gasteiger partial charge in [0, 0.05) is 23.2 Å². The highest BCUT2D eigenvalue weighted by atomic mass is 79.9. The molecule has 0 fully saturated rings. The van der Waals surface area contributed by atoms with E-state index in [1.807, 2.05) is 48.5 Å². The summed E-state index contributed by atoms with van der Waals surface area (Å²) in [5, 5.41) is 12.0. The quantitative estimate of drug-likeness (QED) is 0.808. The molecule has 0 aliphatic heterocycles. The van der Waals surface area contributed by atoms with E-state index in [9.17, 15) is 9.90 Å². The maximum Gasteiger partial charge on any atom is 0.322 e. The average Bonchev–Trinajstić information content (AvgIpc) is 2.56. The summed E-state index contributed by atoms with van der Waals surface area (Å²) in [4.78, 5) is 14.0. The van der Waals surface area contributed by atoms with Crippen LogP contribution in [-0.4, -0.2) is 36.3 Å². The number of hydrogen-bond acceptors (Lipinski definition) is 3. The Morgan fingerprint density at radius 3 is 2.65 bits per heavy atom. The van der Waals surface area contributed by atoms with Crippen LogP contribution in [0.3, 0.4) is 0 Å². The van der Waals surface area contributed by atoms with E-state index < -0.39 is 0 Å². The van der Waals surface area contributed by atoms with Crippen molar-refractivity contribution in [3.8, 4) is 5.75 Å². The minimum Gasteiger partial charge on any atom is -0.497 e. The second kappa shape index (κ2) is 8.55. The maximum absolute atomic E-state index is 12.4. The zero-order valence-electron chi connectivity index (χ0n) is 12.8. The third-order valence-corrected chi connectivity index (χ3v) is 3.79. The smallest absolute Gasteiger partial charge is 0.322 e. The summed E-state index contributed by atoms with van der Waals surface area (Å²) in [5.74, 6) is 0.736. The molecule has 0 heterocycles. The molecule has 0 saturated heterocycles. The first-order valence-electron chi connectivity index (χ1n) is 7.17. The van der Waals surface area contributed by atoms with Gasteiger partial charge in [0.1, 0.15) is 5.75 Å². The normalized spacial score (nSPS) is 10.2. The van der Waals surface area contributed by atoms with Crippen molar-refractivity contribution in [2.45, 2.75) is 6.54 Å². The SMILES string of the molecule is COc1cccc(CN(CCO)C(=O)Nc2ccc(Br)cc2)c1. The van der Waals surface area contributed by atoms with Gasteiger partial charge in [0.2, 0.25) is 0 Å². The molecule has 122 valence electrons. The number of nitrogens with zero attached hydrogens (tertiary/aromatic N) is 1. The van der Waals surface area contributed by atoms with Crippen molar-refractivity contribution in [2.75, 3.05) is 25.6 Å². The van der Waals surface area contributed by atoms with Gasteiger partial charge in [0.15, 0.2) is 0 Å². The summed E-state index contributed by atoms with van der Waals surface area (Å²) in [7, 11) is 1.60. The van der Waals surface area contributed by atoms with Gasteiger partial charge in [-0.3, -0.25) is 0 Å². The first-order valence-corrected chi connectivity index (χ1v) is 7.97. The molecule has 0 aromatic heterocycles. The van der Waals surface area contributed by atoms with E-state index in [1.54, 1.807) is 12.0 Å². The van der Waals surface area contributed by atoms with Crippen molar-refractivity contribution < 1.29 is 14.6 Å². The number of rotatable bonds is 6. The van der Waals surface area contributed by atoms with E-state index in [0.717, 1.165) is 15.8 Å². The number of methoxy groups -OCH3 is 1. The molecule has 0 saturated carbocycles. The number of amides is 2. The van der Waals surface area contributed by atoms with E-state index in [1.165, 1.54) is 0 Å². The molecule has 2 amide bonds. The van der Waals surface area contributed by atoms with Crippen LogP contribution in [0.4, 0.5) is 10.5 Å². The Morgan fingerprint density at radius 2 is 2.00 bits per heavy atom. The fourth-order valence-electron chi connectivity index (χ4n) is 2.10. The van der Waals surface area contributed by atoms with Crippen molar-refractivity contribution in [1.82, 2.24) is 4.90 Å². The van der Waals surface area contributed by atoms with E-state index in [2.05, 4.69) is 21.2 Å². The van der Waals surface area contributed by atoms with Crippen LogP contribution in [0.1, 0.15) is 5.56 Å². The summed E-state index contributed by atoms with van der Waals surface area (Å²) >= 11 is 3.36. The Labute approximate surface area is 144 Å². The maximum atomic E-state index is 12.4. The molecule has 2 N–H and O–H groups in total. The molecule has 0 bridgehead atoms. The topological polar surface area (TPSA) is 61.8 Å². The number of halogens is 1. The van der Waals surface area contributed by atoms with Crippen LogP contribution in [0.25, 0.3) is 0 Å². The molecule has 0 unspecified atom stereocenters. The Hall–Kier alpha value is -2.05. The molecule has 0 atom stereocenters. The first kappa shape index (κ1) is 17.3. The molecular weight excluding hydrogens is 360 g/mol. The number of carbonyl (C=O) groups is 1. The lowest BCUT2D eigenvalue weighted by atomic mass is 10.2. The minimum absolute atomic E-state index is 0.0995. The molecule has 2 aromatic carbocycles. The van der Waals surface area contributed by atoms with Crippen LogP contribution in [0, 0.1) is 0 Å². The number of anilines is 1. The molecule has 0 spiro atoms. The summed E-state index contributed by atoms with van der Waals surface area (Å²) in [6.45, 7) is 0.539. The fourth-order valence-corrected chi connectivity index (χ4v) is 2.36. The van der Waals surface area contributed by atoms with Crippen LogP contribution in [0.2, 0.25) is 0 Å². The van der Waals surface area contributed by atoms with Crippen LogP contribution in [0.15, 0.2) is 53.0 Å². The molecular formula is C17H19BrN2O3. The van der Waals surface area contributed by atoms with E-state index in [4.69, 9.17) is 4.74 Å². The van der Waals surface area contributed by atoms with Gasteiger partial charge in [0.25, 0.3) is 0 Å². The highest BCUT2D eigenvalue weighted by Gasteiger charge is 2.14. The number of carbonyl (C=O) groups excluding carboxylic acids is 1. The number of benzene rings is 2. The fraction of sp³-hybridized carbons (Fsp3) is 0.235. The van der Waals surface area contributed by atoms with Crippen molar-refractivity contribution in [2.24, 2.45) is 0 Å². The molecule has 0 aliphatic rings. The Balaban J connectivity index is 2.07. The molecule has 23 heavy (non-hydrogen) atoms. The lowest BCUT2D eigenvalue weighted by Crippen LogP contribution is -2.36. The lowest BCUT2D eigenvalue weighted by Gasteiger charge is -2.22. The number of ether oxygens (including phenoxy) is 1. The highest BCUT2D eigenvalue weighted by molar-refractivity contribution is 9.10. The Kier molecular flexibility index (Phi) is 6.43. The minimum atomic E-state index is -0.260. The Morgan fingerprint density at radius 1 is 1.26 bits per heavy atom. The van der Waals surface area contributed by atoms with Crippen LogP contribution in [0.5, 0.6) is 5.75 Å². The number of aliphatic hydroxyl groups excluding tert-OH is 1. The van der Waals surface area contributed by atoms with Gasteiger partial charge in [0.05, 0.1) is 13.7 Å². The second-order valence-corrected chi connectivity index (χ2v) is 5.85. The number of aliphatic hydroxyl groups is 1. The van der Waals surface area contributed by atoms with Crippen molar-refractivity contribution in [3.63, 3.8) is 0 Å². The van der Waals surface area contributed by atoms with Gasteiger partial charge in [-0.05, 0) is 42.0 Å². The van der Waals surface area contributed by atoms with Gasteiger partial charge < -0.3 is 20.1 Å². The third kappa shape index (κ3) is 5.26. The number of urea groups is 1. The summed E-state index contributed by atoms with van der Waals surface area (Å²) in [5.41, 5.74) is 1.63. The van der Waals surface area contributed by atoms with Gasteiger partial charge in [-0.1, -0.05) is 28.1 Å². The molecule has 2 rings (SSSR count). The number of hydrogen-bond donors (Lipinski definition) is 2. The van der Waals surface area contributed by atoms with Crippen molar-refractivity contribution in [1.29, 1.82) is 0 Å². The van der Waals surface area contributed by atoms with E-state index in [-0.39, 0.29) is 19.2 Å². The summed E-state index contributed by atoms with van der Waals surface area (Å²) < 4.78 is 6.13. The summed E-state index contributed by atoms with van der Waals surface area (Å²) in [6, 6.07) is 14.6. The van der Waals surface area contributed by atoms with Crippen LogP contribution in [-0.2, 0) is 6.54 Å². The summed E-state index contributed by atoms with van der Waals surface area (Å²) in [6.07, 6.45) is 0. The standard InChI is InChI=1S/C17H19BrN2O3/c1-23-16-4-2-3-13(11-16)12-20(9-10-21)17(22)19-15-7-5-14(18)6-8-15/h2-8,11,21H,9-10,12H2,1H3,(H,19,22). The predicted octanol–water partition coefficient (Wildman–Crippen LogP) is 3.48. The first-order chi connectivity index (χ1) is 11.1. The molecule has 5 nitrogen and oxygen atoms in total. The van der Waals surface area contributed by atoms with Gasteiger partial charge >= 0.3 is 6.03 Å². The van der Waals surface area contributed by atoms with E-state index in [0.29, 0.717) is 12.2 Å². The van der Waals surface area contributed by atoms with Gasteiger partial charge in [-0.2, -0.15) is 0 Å². The zero-order valence-corrected chi connectivity index (χ0v) is 14.4. The predicted molar refractivity (Wildman–Crippen MR) is 93.7 cm³/mol. The van der Waals surface area contributed by atoms with Gasteiger partial charge in [-0.25, -0.2) is 4.79 Å². The third-order valence-electron chi connectivity index (χ3n) is 3.26. The van der Waals surface area contributed by atoms with E-state index >= 15 is 0 Å². The van der Waals surface area contributed by atoms with Crippen LogP contribution >= 0.6 is 15.9 Å². The zero-order chi connectivity index (χ0) is 16.7. The largest absolute Gasteiger partial charge is 0.497 e. The molecule has 2 aromatic rings. The highest BCUT2D eigenvalue weighted by Crippen LogP contribution is 2.17. The monoisotopic (exact) mass is 378 g/mol.